The summed E-state index contributed by atoms with van der Waals surface area (Å²) in [6, 6.07) is 49.4. The van der Waals surface area contributed by atoms with Gasteiger partial charge in [-0.1, -0.05) is 0 Å². The minimum absolute atomic E-state index is 0.00417. The summed E-state index contributed by atoms with van der Waals surface area (Å²) < 4.78 is 8.03. The van der Waals surface area contributed by atoms with Crippen molar-refractivity contribution in [2.75, 3.05) is 0 Å². The van der Waals surface area contributed by atoms with E-state index in [0.717, 1.165) is 16.7 Å². The van der Waals surface area contributed by atoms with Crippen LogP contribution in [-0.2, 0) is 16.2 Å². The summed E-state index contributed by atoms with van der Waals surface area (Å²) in [5.74, 6) is 0. The van der Waals surface area contributed by atoms with Gasteiger partial charge in [0.15, 0.2) is 0 Å². The van der Waals surface area contributed by atoms with Crippen molar-refractivity contribution >= 4 is 107 Å². The number of fused-ring (bicyclic) bond motifs is 15. The monoisotopic (exact) mass is 841 g/mol. The molecule has 3 nitrogen and oxygen atoms in total. The fourth-order valence-corrected chi connectivity index (χ4v) is 12.8. The number of rotatable bonds is 1. The van der Waals surface area contributed by atoms with Gasteiger partial charge in [-0.2, -0.15) is 0 Å². The number of aromatic nitrogens is 3. The zero-order valence-corrected chi connectivity index (χ0v) is 37.7. The van der Waals surface area contributed by atoms with Crippen LogP contribution >= 0.6 is 0 Å². The number of hydrogen-bond donors (Lipinski definition) is 0. The molecular weight excluding hydrogens is 792 g/mol. The molecule has 5 heteroatoms. The van der Waals surface area contributed by atoms with Crippen LogP contribution in [0.25, 0.3) is 77.0 Å². The number of hydrogen-bond acceptors (Lipinski definition) is 1. The number of imidazole rings is 1. The average Bonchev–Trinajstić information content (AvgIpc) is 3.78. The molecule has 60 heavy (non-hydrogen) atoms. The fraction of sp³-hybridized carbons (Fsp3) is 0.218. The first kappa shape index (κ1) is 36.3. The Bertz CT molecular complexity index is 3530. The maximum absolute atomic E-state index is 5.21. The second-order valence-corrected chi connectivity index (χ2v) is 22.8. The van der Waals surface area contributed by atoms with Crippen LogP contribution in [0.2, 0.25) is 0 Å². The normalized spacial score (nSPS) is 14.0. The predicted molar refractivity (Wildman–Crippen MR) is 260 cm³/mol. The molecule has 292 valence electrons. The maximum atomic E-state index is 5.21. The first-order valence-electron chi connectivity index (χ1n) is 21.5. The summed E-state index contributed by atoms with van der Waals surface area (Å²) >= 11 is 0.129. The van der Waals surface area contributed by atoms with Crippen LogP contribution in [0.4, 0.5) is 0 Å². The van der Waals surface area contributed by atoms with Crippen molar-refractivity contribution in [2.24, 2.45) is 0 Å². The quantitative estimate of drug-likeness (QED) is 0.119. The van der Waals surface area contributed by atoms with E-state index in [0.29, 0.717) is 0 Å². The SMILES string of the molecule is CC(C)(C)c1ccc2c(c1)B1c3c(cc(-c4ccc5c6ccccc6c6nc7ccccc7n6c5c4)cc3-n3c4ccc(C(C)(C)C)cc4c4cc(C(C)(C)C)cc1c43)[Se]2. The summed E-state index contributed by atoms with van der Waals surface area (Å²) in [5.41, 5.74) is 19.5. The second-order valence-electron chi connectivity index (χ2n) is 20.5. The standard InChI is InChI=1S/C55H48BN3Se/c1-53(2,3)33-19-22-44-39(27-33)40-28-35(55(7,8)9)30-42-51(40)58(44)47-25-32(26-49-50(47)56(42)41-29-34(54(4,5)6)20-23-48(41)60-49)31-18-21-37-36-14-10-11-15-38(36)52-57-43-16-12-13-17-45(43)59(52)46(37)24-31/h10-30H,1-9H3. The van der Waals surface area contributed by atoms with E-state index in [4.69, 9.17) is 4.98 Å². The zero-order valence-electron chi connectivity index (χ0n) is 36.0. The number of nitrogens with zero attached hydrogens (tertiary/aromatic N) is 3. The third-order valence-corrected chi connectivity index (χ3v) is 16.0. The zero-order chi connectivity index (χ0) is 41.2. The molecule has 2 aliphatic heterocycles. The van der Waals surface area contributed by atoms with Gasteiger partial charge in [-0.3, -0.25) is 0 Å². The summed E-state index contributed by atoms with van der Waals surface area (Å²) in [5, 5.41) is 6.38. The second kappa shape index (κ2) is 12.0. The van der Waals surface area contributed by atoms with E-state index in [1.807, 2.05) is 0 Å². The first-order valence-corrected chi connectivity index (χ1v) is 23.2. The van der Waals surface area contributed by atoms with Gasteiger partial charge >= 0.3 is 361 Å². The fourth-order valence-electron chi connectivity index (χ4n) is 10.3. The van der Waals surface area contributed by atoms with E-state index in [1.165, 1.54) is 102 Å². The van der Waals surface area contributed by atoms with Gasteiger partial charge in [0.2, 0.25) is 0 Å². The Morgan fingerprint density at radius 1 is 0.483 bits per heavy atom. The van der Waals surface area contributed by atoms with Gasteiger partial charge in [0.1, 0.15) is 0 Å². The molecule has 0 saturated heterocycles. The van der Waals surface area contributed by atoms with E-state index < -0.39 is 0 Å². The van der Waals surface area contributed by atoms with Crippen LogP contribution in [0.5, 0.6) is 0 Å². The molecule has 0 spiro atoms. The topological polar surface area (TPSA) is 22.2 Å². The van der Waals surface area contributed by atoms with E-state index in [1.54, 1.807) is 0 Å². The van der Waals surface area contributed by atoms with Crippen LogP contribution in [0.1, 0.15) is 79.0 Å². The molecule has 0 aliphatic carbocycles. The molecule has 7 aromatic carbocycles. The molecular formula is C55H48BN3Se. The van der Waals surface area contributed by atoms with Gasteiger partial charge in [-0.15, -0.1) is 0 Å². The molecule has 0 saturated carbocycles. The van der Waals surface area contributed by atoms with Crippen LogP contribution in [0, 0.1) is 0 Å². The summed E-state index contributed by atoms with van der Waals surface area (Å²) in [6.45, 7) is 21.3. The van der Waals surface area contributed by atoms with Crippen molar-refractivity contribution in [3.8, 4) is 16.8 Å². The third kappa shape index (κ3) is 5.06. The Balaban J connectivity index is 1.20. The Morgan fingerprint density at radius 3 is 1.95 bits per heavy atom. The van der Waals surface area contributed by atoms with Crippen molar-refractivity contribution in [3.63, 3.8) is 0 Å². The van der Waals surface area contributed by atoms with E-state index in [2.05, 4.69) is 199 Å². The summed E-state index contributed by atoms with van der Waals surface area (Å²) in [7, 11) is 0. The molecule has 0 bridgehead atoms. The molecule has 0 unspecified atom stereocenters. The number of para-hydroxylation sites is 2. The first-order chi connectivity index (χ1) is 28.6. The molecule has 3 aromatic heterocycles. The molecule has 0 fully saturated rings. The van der Waals surface area contributed by atoms with Crippen LogP contribution in [-0.4, -0.2) is 35.6 Å². The molecule has 0 atom stereocenters. The van der Waals surface area contributed by atoms with Crippen LogP contribution in [0.15, 0.2) is 127 Å². The Labute approximate surface area is 358 Å². The van der Waals surface area contributed by atoms with Gasteiger partial charge < -0.3 is 0 Å². The Hall–Kier alpha value is -5.61. The van der Waals surface area contributed by atoms with Crippen LogP contribution in [0.3, 0.4) is 0 Å². The molecule has 10 aromatic rings. The predicted octanol–water partition coefficient (Wildman–Crippen LogP) is 10.2. The average molecular weight is 841 g/mol. The van der Waals surface area contributed by atoms with Crippen molar-refractivity contribution in [3.05, 3.63) is 144 Å². The number of pyridine rings is 1. The van der Waals surface area contributed by atoms with Gasteiger partial charge in [-0.05, 0) is 0 Å². The van der Waals surface area contributed by atoms with E-state index >= 15 is 0 Å². The van der Waals surface area contributed by atoms with E-state index in [-0.39, 0.29) is 37.9 Å². The van der Waals surface area contributed by atoms with Crippen LogP contribution < -0.4 is 25.3 Å². The Morgan fingerprint density at radius 2 is 1.17 bits per heavy atom. The molecule has 0 N–H and O–H groups in total. The van der Waals surface area contributed by atoms with Crippen molar-refractivity contribution in [1.29, 1.82) is 0 Å². The van der Waals surface area contributed by atoms with Crippen molar-refractivity contribution in [1.82, 2.24) is 14.0 Å². The number of benzene rings is 7. The molecule has 0 radical (unpaired) electrons. The van der Waals surface area contributed by atoms with Crippen molar-refractivity contribution < 1.29 is 0 Å². The van der Waals surface area contributed by atoms with Gasteiger partial charge in [0, 0.05) is 0 Å². The van der Waals surface area contributed by atoms with Gasteiger partial charge in [0.05, 0.1) is 0 Å². The molecule has 2 aliphatic rings. The van der Waals surface area contributed by atoms with Gasteiger partial charge in [-0.25, -0.2) is 0 Å². The van der Waals surface area contributed by atoms with Crippen molar-refractivity contribution in [2.45, 2.75) is 78.6 Å². The Kier molecular flexibility index (Phi) is 7.27. The molecule has 5 heterocycles. The van der Waals surface area contributed by atoms with E-state index in [9.17, 15) is 0 Å². The molecule has 12 rings (SSSR count). The minimum atomic E-state index is -0.00417. The van der Waals surface area contributed by atoms with Gasteiger partial charge in [0.25, 0.3) is 0 Å². The molecule has 0 amide bonds. The summed E-state index contributed by atoms with van der Waals surface area (Å²) in [4.78, 5) is 5.21. The summed E-state index contributed by atoms with van der Waals surface area (Å²) in [6.07, 6.45) is 0. The third-order valence-electron chi connectivity index (χ3n) is 13.6.